The highest BCUT2D eigenvalue weighted by molar-refractivity contribution is 5.79. The number of benzene rings is 6. The van der Waals surface area contributed by atoms with E-state index in [9.17, 15) is 0 Å². The van der Waals surface area contributed by atoms with Gasteiger partial charge < -0.3 is 9.80 Å². The molecule has 218 valence electrons. The van der Waals surface area contributed by atoms with Crippen molar-refractivity contribution in [3.05, 3.63) is 188 Å². The van der Waals surface area contributed by atoms with Crippen LogP contribution >= 0.6 is 0 Å². The average Bonchev–Trinajstić information content (AvgIpc) is 3.11. The number of hydrogen-bond donors (Lipinski definition) is 0. The average molecular weight is 581 g/mol. The van der Waals surface area contributed by atoms with Gasteiger partial charge in [-0.25, -0.2) is 0 Å². The lowest BCUT2D eigenvalue weighted by Crippen LogP contribution is -2.17. The molecule has 1 aliphatic carbocycles. The molecular formula is C43H36N2. The molecule has 6 aromatic rings. The van der Waals surface area contributed by atoms with Crippen molar-refractivity contribution in [3.63, 3.8) is 0 Å². The molecule has 0 spiro atoms. The highest BCUT2D eigenvalue weighted by atomic mass is 15.1. The zero-order valence-electron chi connectivity index (χ0n) is 25.5. The fraction of sp³-hybridized carbons (Fsp3) is 0.0698. The Bertz CT molecular complexity index is 1850. The van der Waals surface area contributed by atoms with Crippen LogP contribution in [0.15, 0.2) is 188 Å². The van der Waals surface area contributed by atoms with E-state index in [0.29, 0.717) is 5.92 Å². The van der Waals surface area contributed by atoms with Crippen molar-refractivity contribution in [3.8, 4) is 22.3 Å². The molecule has 2 heteroatoms. The Morgan fingerprint density at radius 3 is 1.13 bits per heavy atom. The second kappa shape index (κ2) is 13.0. The van der Waals surface area contributed by atoms with Gasteiger partial charge in [-0.05, 0) is 101 Å². The minimum Gasteiger partial charge on any atom is -0.311 e. The first-order valence-electron chi connectivity index (χ1n) is 15.7. The van der Waals surface area contributed by atoms with Crippen LogP contribution in [0, 0.1) is 5.92 Å². The fourth-order valence-electron chi connectivity index (χ4n) is 6.05. The summed E-state index contributed by atoms with van der Waals surface area (Å²) in [4.78, 5) is 4.64. The molecule has 1 aliphatic rings. The Morgan fingerprint density at radius 1 is 0.400 bits per heavy atom. The van der Waals surface area contributed by atoms with Gasteiger partial charge in [-0.2, -0.15) is 0 Å². The SMILES string of the molecule is CC1C=C(N(c2ccccc2)c2ccc(-c3ccc(-c4ccc(N(c5ccccc5)c5ccccc5)cc4)cc3)cc2)C=CC1. The van der Waals surface area contributed by atoms with Gasteiger partial charge in [0, 0.05) is 34.1 Å². The van der Waals surface area contributed by atoms with Crippen LogP contribution in [-0.4, -0.2) is 0 Å². The molecule has 0 heterocycles. The van der Waals surface area contributed by atoms with E-state index in [0.717, 1.165) is 29.2 Å². The molecule has 0 aliphatic heterocycles. The predicted octanol–water partition coefficient (Wildman–Crippen LogP) is 12.1. The van der Waals surface area contributed by atoms with Crippen LogP contribution in [0.25, 0.3) is 22.3 Å². The number of anilines is 5. The normalized spacial score (nSPS) is 14.1. The lowest BCUT2D eigenvalue weighted by Gasteiger charge is -2.29. The topological polar surface area (TPSA) is 6.48 Å². The zero-order valence-corrected chi connectivity index (χ0v) is 25.5. The summed E-state index contributed by atoms with van der Waals surface area (Å²) in [6.07, 6.45) is 7.98. The van der Waals surface area contributed by atoms with Crippen molar-refractivity contribution >= 4 is 28.4 Å². The molecule has 0 radical (unpaired) electrons. The molecule has 0 saturated carbocycles. The number of rotatable bonds is 8. The minimum absolute atomic E-state index is 0.525. The van der Waals surface area contributed by atoms with E-state index in [-0.39, 0.29) is 0 Å². The molecule has 2 nitrogen and oxygen atoms in total. The second-order valence-corrected chi connectivity index (χ2v) is 11.6. The maximum absolute atomic E-state index is 2.37. The number of para-hydroxylation sites is 3. The van der Waals surface area contributed by atoms with Crippen molar-refractivity contribution in [2.45, 2.75) is 13.3 Å². The van der Waals surface area contributed by atoms with E-state index < -0.39 is 0 Å². The summed E-state index contributed by atoms with van der Waals surface area (Å²) in [5, 5.41) is 0. The van der Waals surface area contributed by atoms with Crippen molar-refractivity contribution in [2.75, 3.05) is 9.80 Å². The third-order valence-corrected chi connectivity index (χ3v) is 8.36. The molecule has 0 bridgehead atoms. The van der Waals surface area contributed by atoms with Crippen LogP contribution in [0.1, 0.15) is 13.3 Å². The minimum atomic E-state index is 0.525. The van der Waals surface area contributed by atoms with E-state index in [2.05, 4.69) is 199 Å². The Morgan fingerprint density at radius 2 is 0.733 bits per heavy atom. The molecule has 45 heavy (non-hydrogen) atoms. The number of allylic oxidation sites excluding steroid dienone is 3. The maximum Gasteiger partial charge on any atom is 0.0462 e. The molecule has 7 rings (SSSR count). The van der Waals surface area contributed by atoms with Crippen LogP contribution in [-0.2, 0) is 0 Å². The van der Waals surface area contributed by atoms with Crippen molar-refractivity contribution < 1.29 is 0 Å². The Balaban J connectivity index is 1.12. The van der Waals surface area contributed by atoms with Gasteiger partial charge in [0.1, 0.15) is 0 Å². The summed E-state index contributed by atoms with van der Waals surface area (Å²) in [5.74, 6) is 0.525. The van der Waals surface area contributed by atoms with Gasteiger partial charge in [0.2, 0.25) is 0 Å². The quantitative estimate of drug-likeness (QED) is 0.177. The smallest absolute Gasteiger partial charge is 0.0462 e. The van der Waals surface area contributed by atoms with Crippen molar-refractivity contribution in [1.82, 2.24) is 0 Å². The van der Waals surface area contributed by atoms with Crippen LogP contribution in [0.2, 0.25) is 0 Å². The van der Waals surface area contributed by atoms with E-state index in [1.54, 1.807) is 0 Å². The molecular weight excluding hydrogens is 544 g/mol. The van der Waals surface area contributed by atoms with Crippen molar-refractivity contribution in [1.29, 1.82) is 0 Å². The summed E-state index contributed by atoms with van der Waals surface area (Å²) in [6, 6.07) is 58.3. The highest BCUT2D eigenvalue weighted by Crippen LogP contribution is 2.37. The lowest BCUT2D eigenvalue weighted by molar-refractivity contribution is 0.726. The molecule has 1 unspecified atom stereocenters. The van der Waals surface area contributed by atoms with Crippen LogP contribution in [0.3, 0.4) is 0 Å². The number of nitrogens with zero attached hydrogens (tertiary/aromatic N) is 2. The summed E-state index contributed by atoms with van der Waals surface area (Å²) in [5.41, 5.74) is 11.8. The summed E-state index contributed by atoms with van der Waals surface area (Å²) >= 11 is 0. The lowest BCUT2D eigenvalue weighted by atomic mass is 9.98. The first-order valence-corrected chi connectivity index (χ1v) is 15.7. The van der Waals surface area contributed by atoms with Crippen molar-refractivity contribution in [2.24, 2.45) is 5.92 Å². The second-order valence-electron chi connectivity index (χ2n) is 11.6. The van der Waals surface area contributed by atoms with Gasteiger partial charge in [-0.1, -0.05) is 122 Å². The van der Waals surface area contributed by atoms with E-state index in [1.165, 1.54) is 33.6 Å². The first kappa shape index (κ1) is 28.2. The summed E-state index contributed by atoms with van der Waals surface area (Å²) < 4.78 is 0. The molecule has 0 aromatic heterocycles. The first-order chi connectivity index (χ1) is 22.2. The van der Waals surface area contributed by atoms with Gasteiger partial charge in [0.15, 0.2) is 0 Å². The largest absolute Gasteiger partial charge is 0.311 e. The molecule has 1 atom stereocenters. The summed E-state index contributed by atoms with van der Waals surface area (Å²) in [6.45, 7) is 2.28. The Kier molecular flexibility index (Phi) is 8.11. The van der Waals surface area contributed by atoms with Crippen LogP contribution < -0.4 is 9.80 Å². The van der Waals surface area contributed by atoms with E-state index in [4.69, 9.17) is 0 Å². The molecule has 6 aromatic carbocycles. The third-order valence-electron chi connectivity index (χ3n) is 8.36. The van der Waals surface area contributed by atoms with E-state index in [1.807, 2.05) is 0 Å². The van der Waals surface area contributed by atoms with Gasteiger partial charge in [0.05, 0.1) is 0 Å². The standard InChI is InChI=1S/C43H36N2/c1-33-12-11-19-43(32-33)45(40-17-9-4-10-18-40)42-30-26-37(27-31-42)35-22-20-34(21-23-35)36-24-28-41(29-25-36)44(38-13-5-2-6-14-38)39-15-7-3-8-16-39/h2-11,13-33H,12H2,1H3. The van der Waals surface area contributed by atoms with Gasteiger partial charge in [-0.3, -0.25) is 0 Å². The summed E-state index contributed by atoms with van der Waals surface area (Å²) in [7, 11) is 0. The van der Waals surface area contributed by atoms with E-state index >= 15 is 0 Å². The van der Waals surface area contributed by atoms with Crippen LogP contribution in [0.4, 0.5) is 28.4 Å². The Labute approximate surface area is 266 Å². The Hall–Kier alpha value is -5.60. The fourth-order valence-corrected chi connectivity index (χ4v) is 6.05. The molecule has 0 saturated heterocycles. The maximum atomic E-state index is 2.37. The predicted molar refractivity (Wildman–Crippen MR) is 192 cm³/mol. The van der Waals surface area contributed by atoms with Gasteiger partial charge >= 0.3 is 0 Å². The van der Waals surface area contributed by atoms with Crippen LogP contribution in [0.5, 0.6) is 0 Å². The monoisotopic (exact) mass is 580 g/mol. The molecule has 0 fully saturated rings. The molecule has 0 N–H and O–H groups in total. The molecule has 0 amide bonds. The highest BCUT2D eigenvalue weighted by Gasteiger charge is 2.16. The number of hydrogen-bond acceptors (Lipinski definition) is 2. The van der Waals surface area contributed by atoms with Gasteiger partial charge in [0.25, 0.3) is 0 Å². The third kappa shape index (κ3) is 6.23. The van der Waals surface area contributed by atoms with Gasteiger partial charge in [-0.15, -0.1) is 0 Å². The zero-order chi connectivity index (χ0) is 30.4.